The molecule has 2 fully saturated rings. The molecule has 0 bridgehead atoms. The third-order valence-corrected chi connectivity index (χ3v) is 9.87. The summed E-state index contributed by atoms with van der Waals surface area (Å²) >= 11 is 0. The number of carbonyl (C=O) groups is 1. The van der Waals surface area contributed by atoms with Gasteiger partial charge in [-0.1, -0.05) is 12.1 Å². The van der Waals surface area contributed by atoms with Crippen LogP contribution in [-0.2, 0) is 28.2 Å². The topological polar surface area (TPSA) is 150 Å². The van der Waals surface area contributed by atoms with Gasteiger partial charge < -0.3 is 19.4 Å². The maximum atomic E-state index is 13.5. The second-order valence-corrected chi connectivity index (χ2v) is 11.9. The molecule has 1 atom stereocenters. The second kappa shape index (κ2) is 10.2. The normalized spacial score (nSPS) is 18.3. The number of amides is 1. The molecular weight excluding hydrogens is 508 g/mol. The Morgan fingerprint density at radius 1 is 1.26 bits per heavy atom. The summed E-state index contributed by atoms with van der Waals surface area (Å²) in [5.41, 5.74) is 1.21. The molecule has 1 amide bonds. The smallest absolute Gasteiger partial charge is 0.263 e. The van der Waals surface area contributed by atoms with Crippen molar-refractivity contribution in [3.05, 3.63) is 69.6 Å². The number of hydrogen-bond acceptors (Lipinski definition) is 8. The number of pyridine rings is 2. The number of nitrogens with zero attached hydrogens (tertiary/aromatic N) is 4. The standard InChI is InChI=1S/C26H28N6O5S/c1-31-22-20(14-21(25(31)34)23(33)30-16-19-4-2-18(15-27)3-5-19)6-9-29-24(22)37-17-26(7-8-26)38(28,35)32-10-12-36-13-11-32/h2-6,9,14,28H,7-8,10-13,16-17H2,1H3,(H,30,33). The monoisotopic (exact) mass is 536 g/mol. The van der Waals surface area contributed by atoms with Gasteiger partial charge in [0.2, 0.25) is 5.88 Å². The molecule has 2 aromatic heterocycles. The van der Waals surface area contributed by atoms with E-state index in [1.807, 2.05) is 6.07 Å². The molecule has 0 radical (unpaired) electrons. The van der Waals surface area contributed by atoms with E-state index in [0.29, 0.717) is 55.6 Å². The highest BCUT2D eigenvalue weighted by Crippen LogP contribution is 2.46. The van der Waals surface area contributed by atoms with E-state index in [2.05, 4.69) is 10.3 Å². The summed E-state index contributed by atoms with van der Waals surface area (Å²) in [5.74, 6) is -0.331. The van der Waals surface area contributed by atoms with Crippen LogP contribution in [-0.4, -0.2) is 61.6 Å². The number of nitrogens with one attached hydrogen (secondary N) is 2. The van der Waals surface area contributed by atoms with Crippen LogP contribution in [0.5, 0.6) is 5.88 Å². The Morgan fingerprint density at radius 3 is 2.63 bits per heavy atom. The Labute approximate surface area is 220 Å². The Morgan fingerprint density at radius 2 is 1.97 bits per heavy atom. The van der Waals surface area contributed by atoms with Gasteiger partial charge in [0.05, 0.1) is 24.8 Å². The Hall–Kier alpha value is -3.79. The fourth-order valence-electron chi connectivity index (χ4n) is 4.56. The molecule has 2 N–H and O–H groups in total. The van der Waals surface area contributed by atoms with Crippen LogP contribution in [0.25, 0.3) is 10.9 Å². The molecule has 1 saturated heterocycles. The Balaban J connectivity index is 1.35. The van der Waals surface area contributed by atoms with Gasteiger partial charge in [0.25, 0.3) is 11.5 Å². The van der Waals surface area contributed by atoms with E-state index in [0.717, 1.165) is 5.56 Å². The van der Waals surface area contributed by atoms with Gasteiger partial charge in [-0.2, -0.15) is 5.26 Å². The molecule has 12 heteroatoms. The highest BCUT2D eigenvalue weighted by Gasteiger charge is 2.55. The average molecular weight is 537 g/mol. The lowest BCUT2D eigenvalue weighted by atomic mass is 10.1. The van der Waals surface area contributed by atoms with Gasteiger partial charge in [0, 0.05) is 38.3 Å². The minimum atomic E-state index is -3.08. The summed E-state index contributed by atoms with van der Waals surface area (Å²) in [6, 6.07) is 12.1. The van der Waals surface area contributed by atoms with Crippen molar-refractivity contribution in [3.63, 3.8) is 0 Å². The molecule has 2 aliphatic rings. The van der Waals surface area contributed by atoms with Gasteiger partial charge in [0.1, 0.15) is 32.3 Å². The first-order valence-corrected chi connectivity index (χ1v) is 13.8. The molecule has 1 saturated carbocycles. The summed E-state index contributed by atoms with van der Waals surface area (Å²) < 4.78 is 35.7. The predicted molar refractivity (Wildman–Crippen MR) is 140 cm³/mol. The van der Waals surface area contributed by atoms with Crippen molar-refractivity contribution < 1.29 is 18.5 Å². The molecule has 1 aromatic carbocycles. The van der Waals surface area contributed by atoms with Crippen molar-refractivity contribution in [3.8, 4) is 11.9 Å². The zero-order chi connectivity index (χ0) is 26.9. The molecule has 38 heavy (non-hydrogen) atoms. The van der Waals surface area contributed by atoms with E-state index in [1.54, 1.807) is 41.7 Å². The van der Waals surface area contributed by atoms with Crippen molar-refractivity contribution in [2.75, 3.05) is 32.9 Å². The second-order valence-electron chi connectivity index (χ2n) is 9.51. The summed E-state index contributed by atoms with van der Waals surface area (Å²) in [6.07, 6.45) is 2.75. The van der Waals surface area contributed by atoms with E-state index in [9.17, 15) is 13.8 Å². The van der Waals surface area contributed by atoms with Gasteiger partial charge in [-0.3, -0.25) is 9.59 Å². The molecule has 198 valence electrons. The zero-order valence-electron chi connectivity index (χ0n) is 20.9. The number of hydrogen-bond donors (Lipinski definition) is 2. The fourth-order valence-corrected chi connectivity index (χ4v) is 6.65. The highest BCUT2D eigenvalue weighted by atomic mass is 32.2. The summed E-state index contributed by atoms with van der Waals surface area (Å²) in [7, 11) is -1.53. The minimum Gasteiger partial charge on any atom is -0.474 e. The molecule has 1 unspecified atom stereocenters. The number of benzene rings is 1. The maximum absolute atomic E-state index is 13.5. The molecular formula is C26H28N6O5S. The van der Waals surface area contributed by atoms with Gasteiger partial charge >= 0.3 is 0 Å². The summed E-state index contributed by atoms with van der Waals surface area (Å²) in [4.78, 5) is 30.3. The highest BCUT2D eigenvalue weighted by molar-refractivity contribution is 7.91. The van der Waals surface area contributed by atoms with Gasteiger partial charge in [-0.25, -0.2) is 18.3 Å². The molecule has 5 rings (SSSR count). The lowest BCUT2D eigenvalue weighted by Crippen LogP contribution is -2.47. The average Bonchev–Trinajstić information content (AvgIpc) is 3.75. The van der Waals surface area contributed by atoms with Crippen LogP contribution in [0.1, 0.15) is 34.3 Å². The quantitative estimate of drug-likeness (QED) is 0.447. The first kappa shape index (κ1) is 25.8. The van der Waals surface area contributed by atoms with E-state index in [1.165, 1.54) is 16.8 Å². The first-order chi connectivity index (χ1) is 18.3. The maximum Gasteiger partial charge on any atom is 0.263 e. The van der Waals surface area contributed by atoms with Gasteiger partial charge in [-0.05, 0) is 42.7 Å². The number of nitriles is 1. The molecule has 1 aliphatic heterocycles. The number of carbonyl (C=O) groups excluding carboxylic acids is 1. The largest absolute Gasteiger partial charge is 0.474 e. The van der Waals surface area contributed by atoms with Crippen molar-refractivity contribution in [2.24, 2.45) is 7.05 Å². The minimum absolute atomic E-state index is 0.0223. The van der Waals surface area contributed by atoms with Crippen molar-refractivity contribution >= 4 is 26.7 Å². The van der Waals surface area contributed by atoms with Crippen LogP contribution in [0.3, 0.4) is 0 Å². The Kier molecular flexibility index (Phi) is 6.92. The molecule has 11 nitrogen and oxygen atoms in total. The molecule has 3 heterocycles. The van der Waals surface area contributed by atoms with Crippen LogP contribution in [0.4, 0.5) is 0 Å². The van der Waals surface area contributed by atoms with Crippen LogP contribution in [0.2, 0.25) is 0 Å². The van der Waals surface area contributed by atoms with Crippen LogP contribution >= 0.6 is 0 Å². The number of rotatable bonds is 8. The first-order valence-electron chi connectivity index (χ1n) is 12.3. The van der Waals surface area contributed by atoms with Gasteiger partial charge in [-0.15, -0.1) is 0 Å². The van der Waals surface area contributed by atoms with E-state index >= 15 is 0 Å². The third kappa shape index (κ3) is 4.76. The lowest BCUT2D eigenvalue weighted by Gasteiger charge is -2.32. The third-order valence-electron chi connectivity index (χ3n) is 7.07. The summed E-state index contributed by atoms with van der Waals surface area (Å²) in [6.45, 7) is 2.03. The van der Waals surface area contributed by atoms with Crippen LogP contribution in [0.15, 0.2) is 47.4 Å². The number of ether oxygens (including phenoxy) is 2. The Bertz CT molecular complexity index is 1580. The molecule has 0 spiro atoms. The van der Waals surface area contributed by atoms with Crippen molar-refractivity contribution in [1.29, 1.82) is 10.0 Å². The SMILES string of the molecule is Cn1c(=O)c(C(=O)NCc2ccc(C#N)cc2)cc2ccnc(OCC3(S(=N)(=O)N4CCOCC4)CC3)c21. The predicted octanol–water partition coefficient (Wildman–Crippen LogP) is 1.94. The molecule has 1 aliphatic carbocycles. The lowest BCUT2D eigenvalue weighted by molar-refractivity contribution is 0.0735. The van der Waals surface area contributed by atoms with E-state index in [4.69, 9.17) is 19.5 Å². The number of fused-ring (bicyclic) bond motifs is 1. The van der Waals surface area contributed by atoms with Crippen LogP contribution < -0.4 is 15.6 Å². The van der Waals surface area contributed by atoms with Gasteiger partial charge in [0.15, 0.2) is 0 Å². The van der Waals surface area contributed by atoms with E-state index in [-0.39, 0.29) is 24.6 Å². The number of aryl methyl sites for hydroxylation is 1. The zero-order valence-corrected chi connectivity index (χ0v) is 21.8. The van der Waals surface area contributed by atoms with Crippen molar-refractivity contribution in [2.45, 2.75) is 24.1 Å². The van der Waals surface area contributed by atoms with Crippen LogP contribution in [0, 0.1) is 16.1 Å². The van der Waals surface area contributed by atoms with Crippen molar-refractivity contribution in [1.82, 2.24) is 19.2 Å². The van der Waals surface area contributed by atoms with E-state index < -0.39 is 26.1 Å². The number of morpholine rings is 1. The summed E-state index contributed by atoms with van der Waals surface area (Å²) in [5, 5.41) is 12.3. The number of aromatic nitrogens is 2. The fraction of sp³-hybridized carbons (Fsp3) is 0.385. The molecule has 3 aromatic rings.